The molecule has 0 aliphatic heterocycles. The Bertz CT molecular complexity index is 339. The third-order valence-electron chi connectivity index (χ3n) is 2.49. The van der Waals surface area contributed by atoms with Crippen LogP contribution >= 0.6 is 0 Å². The molecule has 0 amide bonds. The summed E-state index contributed by atoms with van der Waals surface area (Å²) in [5, 5.41) is 0. The number of rotatable bonds is 3. The van der Waals surface area contributed by atoms with Crippen molar-refractivity contribution < 1.29 is 4.74 Å². The molecule has 0 unspecified atom stereocenters. The fourth-order valence-electron chi connectivity index (χ4n) is 1.72. The highest BCUT2D eigenvalue weighted by Gasteiger charge is 2.05. The van der Waals surface area contributed by atoms with Crippen LogP contribution in [0.3, 0.4) is 0 Å². The van der Waals surface area contributed by atoms with Gasteiger partial charge in [0.15, 0.2) is 0 Å². The molecule has 1 nitrogen and oxygen atoms in total. The Labute approximate surface area is 85.4 Å². The van der Waals surface area contributed by atoms with Crippen LogP contribution in [-0.2, 0) is 12.8 Å². The zero-order valence-electron chi connectivity index (χ0n) is 8.62. The first kappa shape index (κ1) is 9.32. The molecule has 0 saturated heterocycles. The summed E-state index contributed by atoms with van der Waals surface area (Å²) in [6.07, 6.45) is 7.65. The first-order valence-corrected chi connectivity index (χ1v) is 5.29. The van der Waals surface area contributed by atoms with Gasteiger partial charge in [0.25, 0.3) is 0 Å². The van der Waals surface area contributed by atoms with Crippen molar-refractivity contribution in [1.29, 1.82) is 0 Å². The summed E-state index contributed by atoms with van der Waals surface area (Å²) in [5.41, 5.74) is 2.86. The molecule has 1 aromatic rings. The maximum absolute atomic E-state index is 5.60. The SMILES string of the molecule is CCCOc1ccc2c(c1)CC=CC2. The number of ether oxygens (including phenoxy) is 1. The topological polar surface area (TPSA) is 9.23 Å². The molecule has 0 saturated carbocycles. The first-order chi connectivity index (χ1) is 6.90. The van der Waals surface area contributed by atoms with Gasteiger partial charge >= 0.3 is 0 Å². The van der Waals surface area contributed by atoms with Crippen LogP contribution in [0.1, 0.15) is 24.5 Å². The minimum Gasteiger partial charge on any atom is -0.494 e. The zero-order valence-corrected chi connectivity index (χ0v) is 8.62. The Morgan fingerprint density at radius 1 is 1.14 bits per heavy atom. The third kappa shape index (κ3) is 1.98. The molecule has 1 aromatic carbocycles. The van der Waals surface area contributed by atoms with Crippen molar-refractivity contribution >= 4 is 0 Å². The van der Waals surface area contributed by atoms with Crippen LogP contribution in [0.2, 0.25) is 0 Å². The second kappa shape index (κ2) is 4.32. The van der Waals surface area contributed by atoms with Gasteiger partial charge < -0.3 is 4.74 Å². The molecule has 0 heterocycles. The second-order valence-corrected chi connectivity index (χ2v) is 3.66. The van der Waals surface area contributed by atoms with E-state index < -0.39 is 0 Å². The van der Waals surface area contributed by atoms with E-state index in [1.54, 1.807) is 0 Å². The van der Waals surface area contributed by atoms with Gasteiger partial charge in [0.1, 0.15) is 5.75 Å². The highest BCUT2D eigenvalue weighted by Crippen LogP contribution is 2.22. The maximum atomic E-state index is 5.60. The van der Waals surface area contributed by atoms with Gasteiger partial charge in [-0.2, -0.15) is 0 Å². The van der Waals surface area contributed by atoms with Crippen LogP contribution in [0.5, 0.6) is 5.75 Å². The Balaban J connectivity index is 2.14. The molecule has 0 spiro atoms. The van der Waals surface area contributed by atoms with Crippen molar-refractivity contribution in [3.8, 4) is 5.75 Å². The van der Waals surface area contributed by atoms with Crippen molar-refractivity contribution in [1.82, 2.24) is 0 Å². The minimum absolute atomic E-state index is 0.814. The van der Waals surface area contributed by atoms with Crippen LogP contribution in [0, 0.1) is 0 Å². The summed E-state index contributed by atoms with van der Waals surface area (Å²) >= 11 is 0. The monoisotopic (exact) mass is 188 g/mol. The number of benzene rings is 1. The lowest BCUT2D eigenvalue weighted by molar-refractivity contribution is 0.317. The summed E-state index contributed by atoms with van der Waals surface area (Å²) in [6.45, 7) is 2.94. The van der Waals surface area contributed by atoms with Gasteiger partial charge in [-0.15, -0.1) is 0 Å². The molecule has 74 valence electrons. The molecule has 0 fully saturated rings. The molecule has 14 heavy (non-hydrogen) atoms. The summed E-state index contributed by atoms with van der Waals surface area (Å²) in [7, 11) is 0. The summed E-state index contributed by atoms with van der Waals surface area (Å²) in [4.78, 5) is 0. The normalized spacial score (nSPS) is 13.8. The van der Waals surface area contributed by atoms with Crippen LogP contribution < -0.4 is 4.74 Å². The van der Waals surface area contributed by atoms with E-state index in [2.05, 4.69) is 37.3 Å². The molecule has 0 bridgehead atoms. The fourth-order valence-corrected chi connectivity index (χ4v) is 1.72. The van der Waals surface area contributed by atoms with Gasteiger partial charge in [0.2, 0.25) is 0 Å². The van der Waals surface area contributed by atoms with Gasteiger partial charge in [-0.25, -0.2) is 0 Å². The van der Waals surface area contributed by atoms with E-state index in [9.17, 15) is 0 Å². The van der Waals surface area contributed by atoms with Crippen LogP contribution in [0.25, 0.3) is 0 Å². The van der Waals surface area contributed by atoms with Crippen molar-refractivity contribution in [2.24, 2.45) is 0 Å². The Hall–Kier alpha value is -1.24. The standard InChI is InChI=1S/C13H16O/c1-2-9-14-13-8-7-11-5-3-4-6-12(11)10-13/h3-4,7-8,10H,2,5-6,9H2,1H3. The number of hydrogen-bond acceptors (Lipinski definition) is 1. The maximum Gasteiger partial charge on any atom is 0.119 e. The predicted molar refractivity (Wildman–Crippen MR) is 58.8 cm³/mol. The molecule has 2 rings (SSSR count). The molecule has 0 N–H and O–H groups in total. The van der Waals surface area contributed by atoms with Gasteiger partial charge in [-0.05, 0) is 42.5 Å². The quantitative estimate of drug-likeness (QED) is 0.662. The van der Waals surface area contributed by atoms with E-state index in [4.69, 9.17) is 4.74 Å². The lowest BCUT2D eigenvalue weighted by Crippen LogP contribution is -2.00. The van der Waals surface area contributed by atoms with Gasteiger partial charge in [0, 0.05) is 0 Å². The molecule has 0 radical (unpaired) electrons. The average molecular weight is 188 g/mol. The van der Waals surface area contributed by atoms with Crippen molar-refractivity contribution in [3.05, 3.63) is 41.5 Å². The van der Waals surface area contributed by atoms with Crippen LogP contribution in [0.4, 0.5) is 0 Å². The van der Waals surface area contributed by atoms with Gasteiger partial charge in [-0.3, -0.25) is 0 Å². The van der Waals surface area contributed by atoms with Crippen molar-refractivity contribution in [2.75, 3.05) is 6.61 Å². The Morgan fingerprint density at radius 3 is 2.71 bits per heavy atom. The van der Waals surface area contributed by atoms with E-state index >= 15 is 0 Å². The molecular formula is C13H16O. The van der Waals surface area contributed by atoms with Gasteiger partial charge in [0.05, 0.1) is 6.61 Å². The van der Waals surface area contributed by atoms with E-state index in [1.165, 1.54) is 11.1 Å². The van der Waals surface area contributed by atoms with E-state index in [0.29, 0.717) is 0 Å². The lowest BCUT2D eigenvalue weighted by Gasteiger charge is -2.12. The molecular weight excluding hydrogens is 172 g/mol. The number of allylic oxidation sites excluding steroid dienone is 2. The van der Waals surface area contributed by atoms with Crippen molar-refractivity contribution in [3.63, 3.8) is 0 Å². The summed E-state index contributed by atoms with van der Waals surface area (Å²) in [6, 6.07) is 6.44. The largest absolute Gasteiger partial charge is 0.494 e. The zero-order chi connectivity index (χ0) is 9.80. The molecule has 1 heteroatoms. The first-order valence-electron chi connectivity index (χ1n) is 5.29. The van der Waals surface area contributed by atoms with E-state index in [1.807, 2.05) is 0 Å². The highest BCUT2D eigenvalue weighted by atomic mass is 16.5. The second-order valence-electron chi connectivity index (χ2n) is 3.66. The summed E-state index contributed by atoms with van der Waals surface area (Å²) in [5.74, 6) is 1.01. The molecule has 0 aromatic heterocycles. The number of hydrogen-bond donors (Lipinski definition) is 0. The molecule has 0 atom stereocenters. The molecule has 1 aliphatic carbocycles. The predicted octanol–water partition coefficient (Wildman–Crippen LogP) is 3.13. The van der Waals surface area contributed by atoms with Gasteiger partial charge in [-0.1, -0.05) is 25.1 Å². The number of fused-ring (bicyclic) bond motifs is 1. The Morgan fingerprint density at radius 2 is 1.93 bits per heavy atom. The minimum atomic E-state index is 0.814. The molecule has 1 aliphatic rings. The lowest BCUT2D eigenvalue weighted by atomic mass is 9.97. The van der Waals surface area contributed by atoms with E-state index in [-0.39, 0.29) is 0 Å². The smallest absolute Gasteiger partial charge is 0.119 e. The summed E-state index contributed by atoms with van der Waals surface area (Å²) < 4.78 is 5.60. The Kier molecular flexibility index (Phi) is 2.87. The average Bonchev–Trinajstić information content (AvgIpc) is 2.26. The van der Waals surface area contributed by atoms with E-state index in [0.717, 1.165) is 31.6 Å². The third-order valence-corrected chi connectivity index (χ3v) is 2.49. The van der Waals surface area contributed by atoms with Crippen molar-refractivity contribution in [2.45, 2.75) is 26.2 Å². The fraction of sp³-hybridized carbons (Fsp3) is 0.385. The highest BCUT2D eigenvalue weighted by molar-refractivity contribution is 5.39. The van der Waals surface area contributed by atoms with Crippen LogP contribution in [0.15, 0.2) is 30.4 Å². The van der Waals surface area contributed by atoms with Crippen LogP contribution in [-0.4, -0.2) is 6.61 Å².